The fraction of sp³-hybridized carbons (Fsp3) is 0.333. The van der Waals surface area contributed by atoms with Gasteiger partial charge in [0, 0.05) is 21.9 Å². The van der Waals surface area contributed by atoms with Gasteiger partial charge < -0.3 is 14.4 Å². The van der Waals surface area contributed by atoms with Crippen molar-refractivity contribution in [1.82, 2.24) is 0 Å². The maximum atomic E-state index is 12.5. The number of hydrogen-bond acceptors (Lipinski definition) is 7. The molecule has 0 spiro atoms. The summed E-state index contributed by atoms with van der Waals surface area (Å²) in [5.74, 6) is 1.17. The molecule has 0 bridgehead atoms. The number of sulfone groups is 1. The molecule has 10 heteroatoms. The summed E-state index contributed by atoms with van der Waals surface area (Å²) in [5.41, 5.74) is 0.754. The Kier molecular flexibility index (Phi) is 4.37. The SMILES string of the molecule is O=C(Cc1cccs1)N=C1S[C@@H]2CS(=O)(=O)C[C@H]2N1c1ccc2c(c1)OCO2. The van der Waals surface area contributed by atoms with Gasteiger partial charge in [-0.25, -0.2) is 8.42 Å². The van der Waals surface area contributed by atoms with E-state index in [9.17, 15) is 13.2 Å². The van der Waals surface area contributed by atoms with Crippen LogP contribution in [0.4, 0.5) is 5.69 Å². The van der Waals surface area contributed by atoms with Gasteiger partial charge in [0.1, 0.15) is 0 Å². The van der Waals surface area contributed by atoms with Crippen molar-refractivity contribution in [2.45, 2.75) is 17.7 Å². The van der Waals surface area contributed by atoms with Crippen molar-refractivity contribution in [3.05, 3.63) is 40.6 Å². The second kappa shape index (κ2) is 6.78. The van der Waals surface area contributed by atoms with Crippen molar-refractivity contribution in [1.29, 1.82) is 0 Å². The number of nitrogens with zero attached hydrogens (tertiary/aromatic N) is 2. The molecule has 7 nitrogen and oxygen atoms in total. The number of hydrogen-bond donors (Lipinski definition) is 0. The molecule has 28 heavy (non-hydrogen) atoms. The van der Waals surface area contributed by atoms with Crippen LogP contribution in [-0.4, -0.2) is 49.1 Å². The Balaban J connectivity index is 1.49. The Morgan fingerprint density at radius 3 is 2.89 bits per heavy atom. The molecule has 3 aliphatic heterocycles. The highest BCUT2D eigenvalue weighted by atomic mass is 32.2. The summed E-state index contributed by atoms with van der Waals surface area (Å²) in [5, 5.41) is 2.34. The van der Waals surface area contributed by atoms with Gasteiger partial charge in [0.05, 0.1) is 24.0 Å². The highest BCUT2D eigenvalue weighted by molar-refractivity contribution is 8.16. The fourth-order valence-electron chi connectivity index (χ4n) is 3.61. The van der Waals surface area contributed by atoms with Gasteiger partial charge in [-0.3, -0.25) is 4.79 Å². The molecule has 0 saturated carbocycles. The summed E-state index contributed by atoms with van der Waals surface area (Å²) >= 11 is 2.88. The highest BCUT2D eigenvalue weighted by Crippen LogP contribution is 2.43. The molecule has 1 aromatic heterocycles. The number of carbonyl (C=O) groups excluding carboxylic acids is 1. The van der Waals surface area contributed by atoms with Gasteiger partial charge in [-0.05, 0) is 23.6 Å². The first-order valence-electron chi connectivity index (χ1n) is 8.68. The first-order chi connectivity index (χ1) is 13.5. The second-order valence-corrected chi connectivity index (χ2v) is 11.1. The minimum Gasteiger partial charge on any atom is -0.454 e. The lowest BCUT2D eigenvalue weighted by molar-refractivity contribution is -0.117. The first-order valence-corrected chi connectivity index (χ1v) is 12.3. The Bertz CT molecular complexity index is 1060. The summed E-state index contributed by atoms with van der Waals surface area (Å²) in [4.78, 5) is 19.7. The van der Waals surface area contributed by atoms with E-state index in [0.29, 0.717) is 16.7 Å². The van der Waals surface area contributed by atoms with Crippen LogP contribution in [0.1, 0.15) is 4.88 Å². The minimum atomic E-state index is -3.11. The average molecular weight is 437 g/mol. The number of ether oxygens (including phenoxy) is 2. The van der Waals surface area contributed by atoms with E-state index in [4.69, 9.17) is 9.47 Å². The van der Waals surface area contributed by atoms with E-state index >= 15 is 0 Å². The molecule has 2 saturated heterocycles. The number of carbonyl (C=O) groups is 1. The standard InChI is InChI=1S/C18H16N2O5S3/c21-17(7-12-2-1-5-26-12)19-18-20(13-8-28(22,23)9-16(13)27-18)11-3-4-14-15(6-11)25-10-24-14/h1-6,13,16H,7-10H2/t13-,16-/m1/s1. The number of anilines is 1. The highest BCUT2D eigenvalue weighted by Gasteiger charge is 2.49. The summed E-state index contributed by atoms with van der Waals surface area (Å²) in [7, 11) is -3.11. The third kappa shape index (κ3) is 3.29. The summed E-state index contributed by atoms with van der Waals surface area (Å²) in [6.45, 7) is 0.161. The van der Waals surface area contributed by atoms with Crippen LogP contribution in [-0.2, 0) is 21.1 Å². The smallest absolute Gasteiger partial charge is 0.253 e. The molecule has 0 N–H and O–H groups in total. The molecule has 2 fully saturated rings. The van der Waals surface area contributed by atoms with E-state index in [2.05, 4.69) is 4.99 Å². The van der Waals surface area contributed by atoms with Crippen LogP contribution in [0.3, 0.4) is 0 Å². The normalized spacial score (nSPS) is 26.0. The van der Waals surface area contributed by atoms with Gasteiger partial charge in [-0.2, -0.15) is 4.99 Å². The number of fused-ring (bicyclic) bond motifs is 2. The molecule has 3 aliphatic rings. The number of rotatable bonds is 3. The minimum absolute atomic E-state index is 0.0528. The zero-order chi connectivity index (χ0) is 19.3. The van der Waals surface area contributed by atoms with Crippen molar-refractivity contribution < 1.29 is 22.7 Å². The van der Waals surface area contributed by atoms with Crippen LogP contribution < -0.4 is 14.4 Å². The number of amidine groups is 1. The lowest BCUT2D eigenvalue weighted by atomic mass is 10.2. The van der Waals surface area contributed by atoms with E-state index in [1.54, 1.807) is 6.07 Å². The topological polar surface area (TPSA) is 85.3 Å². The van der Waals surface area contributed by atoms with E-state index in [-0.39, 0.29) is 41.9 Å². The molecule has 0 radical (unpaired) electrons. The molecule has 2 atom stereocenters. The second-order valence-electron chi connectivity index (χ2n) is 6.75. The number of aliphatic imine (C=N–C) groups is 1. The van der Waals surface area contributed by atoms with Crippen LogP contribution in [0.15, 0.2) is 40.7 Å². The quantitative estimate of drug-likeness (QED) is 0.730. The van der Waals surface area contributed by atoms with Crippen molar-refractivity contribution in [3.63, 3.8) is 0 Å². The van der Waals surface area contributed by atoms with Crippen molar-refractivity contribution in [3.8, 4) is 11.5 Å². The molecule has 0 aliphatic carbocycles. The van der Waals surface area contributed by atoms with E-state index in [1.165, 1.54) is 23.1 Å². The summed E-state index contributed by atoms with van der Waals surface area (Å²) in [6.07, 6.45) is 0.240. The predicted molar refractivity (Wildman–Crippen MR) is 109 cm³/mol. The van der Waals surface area contributed by atoms with Crippen LogP contribution in [0.25, 0.3) is 0 Å². The molecular weight excluding hydrogens is 420 g/mol. The fourth-order valence-corrected chi connectivity index (χ4v) is 8.24. The zero-order valence-corrected chi connectivity index (χ0v) is 17.1. The van der Waals surface area contributed by atoms with Crippen LogP contribution in [0.2, 0.25) is 0 Å². The molecule has 4 heterocycles. The van der Waals surface area contributed by atoms with Crippen molar-refractivity contribution >= 4 is 49.7 Å². The Morgan fingerprint density at radius 1 is 1.21 bits per heavy atom. The lowest BCUT2D eigenvalue weighted by Gasteiger charge is -2.24. The zero-order valence-electron chi connectivity index (χ0n) is 14.6. The molecule has 2 aromatic rings. The Hall–Kier alpha value is -2.04. The lowest BCUT2D eigenvalue weighted by Crippen LogP contribution is -2.37. The molecule has 146 valence electrons. The maximum absolute atomic E-state index is 12.5. The molecular formula is C18H16N2O5S3. The van der Waals surface area contributed by atoms with Gasteiger partial charge in [-0.15, -0.1) is 11.3 Å². The van der Waals surface area contributed by atoms with Crippen LogP contribution in [0.5, 0.6) is 11.5 Å². The number of benzene rings is 1. The van der Waals surface area contributed by atoms with Gasteiger partial charge in [0.25, 0.3) is 5.91 Å². The number of thioether (sulfide) groups is 1. The van der Waals surface area contributed by atoms with Crippen molar-refractivity contribution in [2.75, 3.05) is 23.2 Å². The molecule has 1 aromatic carbocycles. The van der Waals surface area contributed by atoms with E-state index in [0.717, 1.165) is 10.6 Å². The van der Waals surface area contributed by atoms with Crippen LogP contribution >= 0.6 is 23.1 Å². The number of amides is 1. The predicted octanol–water partition coefficient (Wildman–Crippen LogP) is 2.32. The van der Waals surface area contributed by atoms with E-state index < -0.39 is 9.84 Å². The third-order valence-electron chi connectivity index (χ3n) is 4.83. The Morgan fingerprint density at radius 2 is 2.07 bits per heavy atom. The Labute approximate surface area is 170 Å². The van der Waals surface area contributed by atoms with Gasteiger partial charge >= 0.3 is 0 Å². The monoisotopic (exact) mass is 436 g/mol. The van der Waals surface area contributed by atoms with Gasteiger partial charge in [-0.1, -0.05) is 17.8 Å². The summed E-state index contributed by atoms with van der Waals surface area (Å²) < 4.78 is 35.1. The molecule has 0 unspecified atom stereocenters. The maximum Gasteiger partial charge on any atom is 0.253 e. The van der Waals surface area contributed by atoms with Gasteiger partial charge in [0.2, 0.25) is 6.79 Å². The molecule has 1 amide bonds. The van der Waals surface area contributed by atoms with E-state index in [1.807, 2.05) is 34.5 Å². The van der Waals surface area contributed by atoms with Crippen LogP contribution in [0, 0.1) is 0 Å². The third-order valence-corrected chi connectivity index (χ3v) is 8.91. The van der Waals surface area contributed by atoms with Gasteiger partial charge in [0.15, 0.2) is 26.5 Å². The average Bonchev–Trinajstić information content (AvgIpc) is 3.38. The largest absolute Gasteiger partial charge is 0.454 e. The first kappa shape index (κ1) is 18.0. The molecule has 5 rings (SSSR count). The van der Waals surface area contributed by atoms with Crippen molar-refractivity contribution in [2.24, 2.45) is 4.99 Å². The summed E-state index contributed by atoms with van der Waals surface area (Å²) in [6, 6.07) is 9.02. The number of thiophene rings is 1.